The summed E-state index contributed by atoms with van der Waals surface area (Å²) < 4.78 is 0. The van der Waals surface area contributed by atoms with Gasteiger partial charge in [-0.05, 0) is 24.0 Å². The Kier molecular flexibility index (Phi) is 12.0. The maximum atomic E-state index is 11.0. The Morgan fingerprint density at radius 1 is 0.955 bits per heavy atom. The van der Waals surface area contributed by atoms with Crippen molar-refractivity contribution in [2.75, 3.05) is 0 Å². The summed E-state index contributed by atoms with van der Waals surface area (Å²) in [6.45, 7) is 2.16. The van der Waals surface area contributed by atoms with Crippen LogP contribution in [0.2, 0.25) is 0 Å². The number of hydrogen-bond acceptors (Lipinski definition) is 4. The molecule has 0 fully saturated rings. The van der Waals surface area contributed by atoms with Crippen LogP contribution in [0.15, 0.2) is 24.3 Å². The third kappa shape index (κ3) is 7.33. The first-order chi connectivity index (χ1) is 10.1. The second-order valence-corrected chi connectivity index (χ2v) is 5.29. The van der Waals surface area contributed by atoms with Gasteiger partial charge in [-0.1, -0.05) is 63.3 Å². The molecule has 0 aliphatic heterocycles. The number of carboxylic acids is 2. The average molecular weight is 428 g/mol. The van der Waals surface area contributed by atoms with Crippen molar-refractivity contribution in [2.24, 2.45) is 0 Å². The second kappa shape index (κ2) is 12.2. The zero-order valence-corrected chi connectivity index (χ0v) is 17.6. The summed E-state index contributed by atoms with van der Waals surface area (Å²) in [5, 5.41) is 22.0. The first-order valence-electron chi connectivity index (χ1n) is 7.57. The van der Waals surface area contributed by atoms with Crippen molar-refractivity contribution in [2.45, 2.75) is 57.8 Å². The molecule has 0 aliphatic carbocycles. The molecule has 0 aliphatic rings. The first kappa shape index (κ1) is 21.7. The summed E-state index contributed by atoms with van der Waals surface area (Å²) >= 11 is 0. The maximum absolute atomic E-state index is 11.0. The molecule has 0 spiro atoms. The third-order valence-corrected chi connectivity index (χ3v) is 3.64. The number of carbonyl (C=O) groups is 2. The first-order valence-corrected chi connectivity index (χ1v) is 7.57. The summed E-state index contributed by atoms with van der Waals surface area (Å²) in [5.41, 5.74) is 1.04. The maximum Gasteiger partial charge on any atom is 2.00 e. The van der Waals surface area contributed by atoms with E-state index >= 15 is 0 Å². The average Bonchev–Trinajstić information content (AvgIpc) is 2.43. The number of aliphatic carboxylic acids is 2. The molecule has 116 valence electrons. The van der Waals surface area contributed by atoms with Gasteiger partial charge in [0.05, 0.1) is 17.9 Å². The Bertz CT molecular complexity index is 459. The fourth-order valence-electron chi connectivity index (χ4n) is 2.49. The van der Waals surface area contributed by atoms with E-state index in [-0.39, 0.29) is 54.4 Å². The predicted octanol–water partition coefficient (Wildman–Crippen LogP) is 0.792. The van der Waals surface area contributed by atoms with Gasteiger partial charge in [0.1, 0.15) is 0 Å². The van der Waals surface area contributed by atoms with E-state index < -0.39 is 17.9 Å². The van der Waals surface area contributed by atoms with Gasteiger partial charge in [-0.15, -0.1) is 0 Å². The van der Waals surface area contributed by atoms with Crippen LogP contribution in [0.25, 0.3) is 0 Å². The van der Waals surface area contributed by atoms with Crippen LogP contribution < -0.4 is 10.2 Å². The van der Waals surface area contributed by atoms with Crippen molar-refractivity contribution in [3.8, 4) is 0 Å². The van der Waals surface area contributed by atoms with Gasteiger partial charge in [0, 0.05) is 0 Å². The van der Waals surface area contributed by atoms with E-state index in [4.69, 9.17) is 0 Å². The third-order valence-electron chi connectivity index (χ3n) is 3.64. The molecule has 0 unspecified atom stereocenters. The summed E-state index contributed by atoms with van der Waals surface area (Å²) in [6, 6.07) is 6.74. The molecule has 0 saturated carbocycles. The molecule has 0 amide bonds. The Balaban J connectivity index is 0.00000441. The van der Waals surface area contributed by atoms with Crippen LogP contribution in [0.3, 0.4) is 0 Å². The minimum absolute atomic E-state index is 0. The van der Waals surface area contributed by atoms with Gasteiger partial charge in [-0.25, -0.2) is 0 Å². The van der Waals surface area contributed by atoms with Crippen LogP contribution in [-0.4, -0.2) is 60.8 Å². The smallest absolute Gasteiger partial charge is 0.549 e. The van der Waals surface area contributed by atoms with E-state index in [2.05, 4.69) is 6.92 Å². The van der Waals surface area contributed by atoms with Crippen molar-refractivity contribution < 1.29 is 19.8 Å². The minimum atomic E-state index is -1.69. The van der Waals surface area contributed by atoms with Crippen LogP contribution in [0, 0.1) is 0 Å². The molecule has 0 atom stereocenters. The van der Waals surface area contributed by atoms with Gasteiger partial charge in [-0.2, -0.15) is 0 Å². The molecule has 0 heterocycles. The van der Waals surface area contributed by atoms with Gasteiger partial charge < -0.3 is 19.8 Å². The van der Waals surface area contributed by atoms with Crippen molar-refractivity contribution in [3.05, 3.63) is 35.4 Å². The van der Waals surface area contributed by atoms with E-state index in [1.54, 1.807) is 18.2 Å². The topological polar surface area (TPSA) is 80.3 Å². The van der Waals surface area contributed by atoms with E-state index in [1.807, 2.05) is 0 Å². The Labute approximate surface area is 172 Å². The minimum Gasteiger partial charge on any atom is -0.549 e. The standard InChI is InChI=1S/C17H24O4.Ba/c1-2-3-4-5-6-7-10-13-11-8-9-12-14(13)15(16(18)19)17(20)21;/h8-9,11-12,15H,2-7,10H2,1H3,(H,18,19)(H,20,21);/q;+2/p-2. The number of rotatable bonds is 10. The summed E-state index contributed by atoms with van der Waals surface area (Å²) in [7, 11) is 0. The van der Waals surface area contributed by atoms with Gasteiger partial charge >= 0.3 is 48.9 Å². The molecule has 4 nitrogen and oxygen atoms in total. The second-order valence-electron chi connectivity index (χ2n) is 5.29. The SMILES string of the molecule is CCCCCCCCc1ccccc1C(C(=O)[O-])C(=O)[O-].[Ba+2]. The number of unbranched alkanes of at least 4 members (excludes halogenated alkanes) is 5. The molecule has 5 heteroatoms. The fraction of sp³-hybridized carbons (Fsp3) is 0.529. The number of aryl methyl sites for hydroxylation is 1. The van der Waals surface area contributed by atoms with Crippen LogP contribution in [0.1, 0.15) is 62.5 Å². The zero-order chi connectivity index (χ0) is 15.7. The normalized spacial score (nSPS) is 10.3. The quantitative estimate of drug-likeness (QED) is 0.314. The monoisotopic (exact) mass is 428 g/mol. The number of carbonyl (C=O) groups excluding carboxylic acids is 2. The molecule has 0 saturated heterocycles. The Morgan fingerprint density at radius 2 is 1.50 bits per heavy atom. The van der Waals surface area contributed by atoms with Crippen LogP contribution >= 0.6 is 0 Å². The van der Waals surface area contributed by atoms with Crippen LogP contribution in [0.5, 0.6) is 0 Å². The Hall–Kier alpha value is -0.269. The molecule has 0 bridgehead atoms. The molecular weight excluding hydrogens is 406 g/mol. The van der Waals surface area contributed by atoms with E-state index in [0.717, 1.165) is 24.8 Å². The van der Waals surface area contributed by atoms with Crippen LogP contribution in [0.4, 0.5) is 0 Å². The molecule has 0 N–H and O–H groups in total. The molecule has 1 aromatic rings. The van der Waals surface area contributed by atoms with Gasteiger partial charge in [0.25, 0.3) is 0 Å². The molecule has 0 aromatic heterocycles. The molecule has 1 aromatic carbocycles. The van der Waals surface area contributed by atoms with Crippen molar-refractivity contribution >= 4 is 60.8 Å². The molecule has 22 heavy (non-hydrogen) atoms. The van der Waals surface area contributed by atoms with Gasteiger partial charge in [0.15, 0.2) is 0 Å². The molecular formula is C17H22BaO4. The fourth-order valence-corrected chi connectivity index (χ4v) is 2.49. The number of hydrogen-bond donors (Lipinski definition) is 0. The van der Waals surface area contributed by atoms with Crippen molar-refractivity contribution in [3.63, 3.8) is 0 Å². The molecule has 1 rings (SSSR count). The largest absolute Gasteiger partial charge is 2.00 e. The van der Waals surface area contributed by atoms with Gasteiger partial charge in [-0.3, -0.25) is 0 Å². The number of benzene rings is 1. The van der Waals surface area contributed by atoms with Crippen LogP contribution in [-0.2, 0) is 16.0 Å². The summed E-state index contributed by atoms with van der Waals surface area (Å²) in [5.74, 6) is -4.93. The van der Waals surface area contributed by atoms with E-state index in [0.29, 0.717) is 6.42 Å². The summed E-state index contributed by atoms with van der Waals surface area (Å²) in [4.78, 5) is 22.0. The van der Waals surface area contributed by atoms with Gasteiger partial charge in [0.2, 0.25) is 0 Å². The van der Waals surface area contributed by atoms with E-state index in [9.17, 15) is 19.8 Å². The predicted molar refractivity (Wildman–Crippen MR) is 82.0 cm³/mol. The van der Waals surface area contributed by atoms with Crippen molar-refractivity contribution in [1.82, 2.24) is 0 Å². The van der Waals surface area contributed by atoms with Crippen molar-refractivity contribution in [1.29, 1.82) is 0 Å². The number of carboxylic acid groups (broad SMARTS) is 2. The molecule has 0 radical (unpaired) electrons. The van der Waals surface area contributed by atoms with E-state index in [1.165, 1.54) is 25.3 Å². The Morgan fingerprint density at radius 3 is 2.09 bits per heavy atom. The summed E-state index contributed by atoms with van der Waals surface area (Å²) in [6.07, 6.45) is 7.46. The zero-order valence-electron chi connectivity index (χ0n) is 13.2.